The molecule has 0 aliphatic carbocycles. The van der Waals surface area contributed by atoms with Gasteiger partial charge >= 0.3 is 5.97 Å². The van der Waals surface area contributed by atoms with Crippen molar-refractivity contribution in [2.45, 2.75) is 38.7 Å². The Kier molecular flexibility index (Phi) is 5.70. The molecule has 0 N–H and O–H groups in total. The van der Waals surface area contributed by atoms with Gasteiger partial charge in [-0.2, -0.15) is 5.26 Å². The lowest BCUT2D eigenvalue weighted by molar-refractivity contribution is -0.155. The second-order valence-electron chi connectivity index (χ2n) is 6.43. The van der Waals surface area contributed by atoms with Gasteiger partial charge in [-0.3, -0.25) is 4.79 Å². The standard InChI is InChI=1S/C18H17ClFN3O2/c1-18(2,3)25-17(24)13(8-21)16-22-9-11(10-23-16)7-12-5-4-6-14(19)15(12)20/h4-6,9-10,13H,7H2,1-3H3. The summed E-state index contributed by atoms with van der Waals surface area (Å²) >= 11 is 5.76. The summed E-state index contributed by atoms with van der Waals surface area (Å²) in [4.78, 5) is 20.2. The molecule has 0 spiro atoms. The van der Waals surface area contributed by atoms with Gasteiger partial charge in [0.2, 0.25) is 5.92 Å². The highest BCUT2D eigenvalue weighted by molar-refractivity contribution is 6.30. The first-order valence-electron chi connectivity index (χ1n) is 7.57. The van der Waals surface area contributed by atoms with E-state index in [-0.39, 0.29) is 17.3 Å². The maximum absolute atomic E-state index is 13.9. The average molecular weight is 362 g/mol. The summed E-state index contributed by atoms with van der Waals surface area (Å²) in [7, 11) is 0. The molecule has 7 heteroatoms. The van der Waals surface area contributed by atoms with Crippen LogP contribution < -0.4 is 0 Å². The zero-order valence-corrected chi connectivity index (χ0v) is 14.8. The highest BCUT2D eigenvalue weighted by atomic mass is 35.5. The minimum atomic E-state index is -1.21. The fourth-order valence-electron chi connectivity index (χ4n) is 2.09. The molecule has 1 heterocycles. The Bertz CT molecular complexity index is 811. The Balaban J connectivity index is 2.17. The fourth-order valence-corrected chi connectivity index (χ4v) is 2.28. The van der Waals surface area contributed by atoms with Crippen molar-refractivity contribution in [2.75, 3.05) is 0 Å². The van der Waals surface area contributed by atoms with Gasteiger partial charge in [0.1, 0.15) is 11.4 Å². The van der Waals surface area contributed by atoms with Gasteiger partial charge in [-0.25, -0.2) is 14.4 Å². The van der Waals surface area contributed by atoms with E-state index in [1.54, 1.807) is 32.9 Å². The molecule has 2 aromatic rings. The molecule has 0 aliphatic rings. The number of halogens is 2. The van der Waals surface area contributed by atoms with E-state index in [4.69, 9.17) is 16.3 Å². The van der Waals surface area contributed by atoms with Crippen LogP contribution in [0.2, 0.25) is 5.02 Å². The first-order valence-corrected chi connectivity index (χ1v) is 7.95. The Morgan fingerprint density at radius 1 is 1.36 bits per heavy atom. The summed E-state index contributed by atoms with van der Waals surface area (Å²) in [5.74, 6) is -2.36. The molecule has 0 amide bonds. The second kappa shape index (κ2) is 7.58. The summed E-state index contributed by atoms with van der Waals surface area (Å²) in [6.07, 6.45) is 3.16. The summed E-state index contributed by atoms with van der Waals surface area (Å²) in [5, 5.41) is 9.27. The molecule has 2 rings (SSSR count). The number of rotatable bonds is 4. The highest BCUT2D eigenvalue weighted by Crippen LogP contribution is 2.21. The fraction of sp³-hybridized carbons (Fsp3) is 0.333. The van der Waals surface area contributed by atoms with Crippen molar-refractivity contribution in [1.29, 1.82) is 5.26 Å². The highest BCUT2D eigenvalue weighted by Gasteiger charge is 2.28. The molecule has 0 saturated carbocycles. The van der Waals surface area contributed by atoms with Crippen LogP contribution in [0.25, 0.3) is 0 Å². The van der Waals surface area contributed by atoms with Crippen LogP contribution >= 0.6 is 11.6 Å². The van der Waals surface area contributed by atoms with E-state index in [0.29, 0.717) is 11.1 Å². The predicted molar refractivity (Wildman–Crippen MR) is 90.4 cm³/mol. The zero-order chi connectivity index (χ0) is 18.6. The number of carbonyl (C=O) groups excluding carboxylic acids is 1. The number of benzene rings is 1. The molecule has 25 heavy (non-hydrogen) atoms. The number of hydrogen-bond donors (Lipinski definition) is 0. The summed E-state index contributed by atoms with van der Waals surface area (Å²) in [6, 6.07) is 6.60. The Morgan fingerprint density at radius 3 is 2.56 bits per heavy atom. The number of nitriles is 1. The van der Waals surface area contributed by atoms with Crippen molar-refractivity contribution >= 4 is 17.6 Å². The minimum Gasteiger partial charge on any atom is -0.459 e. The number of ether oxygens (including phenoxy) is 1. The van der Waals surface area contributed by atoms with Crippen LogP contribution in [0.1, 0.15) is 43.6 Å². The molecule has 5 nitrogen and oxygen atoms in total. The lowest BCUT2D eigenvalue weighted by atomic mass is 10.1. The largest absolute Gasteiger partial charge is 0.459 e. The summed E-state index contributed by atoms with van der Waals surface area (Å²) < 4.78 is 19.1. The lowest BCUT2D eigenvalue weighted by Crippen LogP contribution is -2.28. The van der Waals surface area contributed by atoms with Gasteiger partial charge in [-0.1, -0.05) is 23.7 Å². The lowest BCUT2D eigenvalue weighted by Gasteiger charge is -2.20. The van der Waals surface area contributed by atoms with Gasteiger partial charge in [-0.15, -0.1) is 0 Å². The maximum Gasteiger partial charge on any atom is 0.331 e. The van der Waals surface area contributed by atoms with E-state index in [1.165, 1.54) is 18.5 Å². The zero-order valence-electron chi connectivity index (χ0n) is 14.1. The quantitative estimate of drug-likeness (QED) is 0.774. The normalized spacial score (nSPS) is 12.3. The first kappa shape index (κ1) is 18.8. The molecule has 0 bridgehead atoms. The van der Waals surface area contributed by atoms with Gasteiger partial charge in [0.05, 0.1) is 11.1 Å². The monoisotopic (exact) mass is 361 g/mol. The van der Waals surface area contributed by atoms with Gasteiger partial charge in [0.15, 0.2) is 5.82 Å². The van der Waals surface area contributed by atoms with E-state index < -0.39 is 23.3 Å². The van der Waals surface area contributed by atoms with Crippen molar-refractivity contribution in [3.05, 3.63) is 58.4 Å². The molecule has 0 saturated heterocycles. The topological polar surface area (TPSA) is 75.9 Å². The maximum atomic E-state index is 13.9. The van der Waals surface area contributed by atoms with E-state index in [9.17, 15) is 14.4 Å². The molecule has 0 radical (unpaired) electrons. The predicted octanol–water partition coefficient (Wildman–Crippen LogP) is 3.81. The molecule has 130 valence electrons. The SMILES string of the molecule is CC(C)(C)OC(=O)C(C#N)c1ncc(Cc2cccc(Cl)c2F)cn1. The Morgan fingerprint density at radius 2 is 2.00 bits per heavy atom. The third kappa shape index (κ3) is 4.97. The Hall–Kier alpha value is -2.52. The number of esters is 1. The van der Waals surface area contributed by atoms with Gasteiger partial charge in [0, 0.05) is 18.8 Å². The van der Waals surface area contributed by atoms with Gasteiger partial charge in [-0.05, 0) is 38.0 Å². The van der Waals surface area contributed by atoms with E-state index in [0.717, 1.165) is 0 Å². The minimum absolute atomic E-state index is 0.0458. The van der Waals surface area contributed by atoms with Gasteiger partial charge in [0.25, 0.3) is 0 Å². The molecule has 0 aliphatic heterocycles. The molecule has 1 aromatic carbocycles. The third-order valence-electron chi connectivity index (χ3n) is 3.18. The van der Waals surface area contributed by atoms with Crippen LogP contribution in [0, 0.1) is 17.1 Å². The third-order valence-corrected chi connectivity index (χ3v) is 3.47. The smallest absolute Gasteiger partial charge is 0.331 e. The van der Waals surface area contributed by atoms with Crippen molar-refractivity contribution < 1.29 is 13.9 Å². The second-order valence-corrected chi connectivity index (χ2v) is 6.84. The number of aromatic nitrogens is 2. The molecule has 1 aromatic heterocycles. The van der Waals surface area contributed by atoms with Crippen molar-refractivity contribution in [3.63, 3.8) is 0 Å². The summed E-state index contributed by atoms with van der Waals surface area (Å²) in [5.41, 5.74) is 0.328. The molecular weight excluding hydrogens is 345 g/mol. The molecule has 1 atom stereocenters. The number of carbonyl (C=O) groups is 1. The van der Waals surface area contributed by atoms with Crippen LogP contribution in [0.15, 0.2) is 30.6 Å². The summed E-state index contributed by atoms with van der Waals surface area (Å²) in [6.45, 7) is 5.13. The molecule has 0 fully saturated rings. The molecule has 1 unspecified atom stereocenters. The van der Waals surface area contributed by atoms with E-state index >= 15 is 0 Å². The van der Waals surface area contributed by atoms with Gasteiger partial charge < -0.3 is 4.74 Å². The number of nitrogens with zero attached hydrogens (tertiary/aromatic N) is 3. The van der Waals surface area contributed by atoms with E-state index in [2.05, 4.69) is 9.97 Å². The van der Waals surface area contributed by atoms with Crippen LogP contribution in [-0.4, -0.2) is 21.5 Å². The van der Waals surface area contributed by atoms with Crippen molar-refractivity contribution in [1.82, 2.24) is 9.97 Å². The Labute approximate surface area is 150 Å². The van der Waals surface area contributed by atoms with Crippen molar-refractivity contribution in [3.8, 4) is 6.07 Å². The average Bonchev–Trinajstić information content (AvgIpc) is 2.52. The van der Waals surface area contributed by atoms with E-state index in [1.807, 2.05) is 6.07 Å². The van der Waals surface area contributed by atoms with Crippen LogP contribution in [0.5, 0.6) is 0 Å². The first-order chi connectivity index (χ1) is 11.7. The molecular formula is C18H17ClFN3O2. The van der Waals surface area contributed by atoms with Crippen LogP contribution in [0.3, 0.4) is 0 Å². The van der Waals surface area contributed by atoms with Crippen molar-refractivity contribution in [2.24, 2.45) is 0 Å². The van der Waals surface area contributed by atoms with Crippen LogP contribution in [-0.2, 0) is 16.0 Å². The van der Waals surface area contributed by atoms with Crippen LogP contribution in [0.4, 0.5) is 4.39 Å². The number of hydrogen-bond acceptors (Lipinski definition) is 5.